The summed E-state index contributed by atoms with van der Waals surface area (Å²) in [4.78, 5) is 64.3. The Morgan fingerprint density at radius 2 is 1.47 bits per heavy atom. The van der Waals surface area contributed by atoms with Crippen LogP contribution in [0.2, 0.25) is 0 Å². The van der Waals surface area contributed by atoms with Crippen molar-refractivity contribution in [3.05, 3.63) is 106 Å². The first-order valence-corrected chi connectivity index (χ1v) is 14.8. The molecular formula is C32H22Cl2FN3O7. The van der Waals surface area contributed by atoms with Crippen LogP contribution in [0.3, 0.4) is 0 Å². The molecule has 10 nitrogen and oxygen atoms in total. The number of phenolic OH excluding ortho intramolecular Hbond substituents is 1. The van der Waals surface area contributed by atoms with Crippen molar-refractivity contribution in [2.45, 2.75) is 28.5 Å². The van der Waals surface area contributed by atoms with Crippen LogP contribution in [0.4, 0.5) is 21.5 Å². The number of carbonyl (C=O) groups is 4. The summed E-state index contributed by atoms with van der Waals surface area (Å²) in [6.07, 6.45) is 1.54. The number of hydrogen-bond acceptors (Lipinski definition) is 7. The number of anilines is 2. The molecule has 4 aliphatic rings. The first kappa shape index (κ1) is 29.1. The Bertz CT molecular complexity index is 1870. The van der Waals surface area contributed by atoms with Crippen LogP contribution in [0, 0.1) is 33.7 Å². The maximum absolute atomic E-state index is 14.3. The number of halogens is 3. The monoisotopic (exact) mass is 649 g/mol. The molecule has 2 aliphatic carbocycles. The van der Waals surface area contributed by atoms with E-state index in [-0.39, 0.29) is 41.2 Å². The number of benzene rings is 3. The Hall–Kier alpha value is -4.61. The molecule has 228 valence electrons. The van der Waals surface area contributed by atoms with Crippen LogP contribution in [0.1, 0.15) is 24.3 Å². The van der Waals surface area contributed by atoms with Gasteiger partial charge in [-0.1, -0.05) is 29.8 Å². The van der Waals surface area contributed by atoms with Crippen LogP contribution in [0.15, 0.2) is 84.4 Å². The number of aromatic hydroxyl groups is 1. The molecular weight excluding hydrogens is 628 g/mol. The minimum atomic E-state index is -2.17. The number of nitrogens with zero attached hydrogens (tertiary/aromatic N) is 3. The topological polar surface area (TPSA) is 138 Å². The van der Waals surface area contributed by atoms with Crippen molar-refractivity contribution < 1.29 is 33.6 Å². The number of para-hydroxylation sites is 1. The molecule has 3 fully saturated rings. The van der Waals surface area contributed by atoms with Gasteiger partial charge in [0.15, 0.2) is 9.75 Å². The fourth-order valence-corrected chi connectivity index (χ4v) is 8.38. The summed E-state index contributed by atoms with van der Waals surface area (Å²) in [7, 11) is 0. The summed E-state index contributed by atoms with van der Waals surface area (Å²) in [5.74, 6) is -7.51. The lowest BCUT2D eigenvalue weighted by atomic mass is 9.56. The van der Waals surface area contributed by atoms with E-state index < -0.39 is 67.8 Å². The number of nitro benzene ring substituents is 1. The van der Waals surface area contributed by atoms with Crippen LogP contribution < -0.4 is 9.80 Å². The molecule has 6 unspecified atom stereocenters. The SMILES string of the molecule is O=C1C2CC=C3C(CC4(Cl)C(=O)N(c5ccc(F)cc5)C(=O)C4(Cl)C3c3ccccc3O)C2C(=O)N1c1ccc([N+](=O)[O-])cc1. The van der Waals surface area contributed by atoms with Crippen LogP contribution >= 0.6 is 23.2 Å². The molecule has 6 atom stereocenters. The third-order valence-corrected chi connectivity index (χ3v) is 10.9. The van der Waals surface area contributed by atoms with Crippen LogP contribution in [0.5, 0.6) is 5.75 Å². The minimum absolute atomic E-state index is 0.0446. The number of amides is 4. The first-order chi connectivity index (χ1) is 21.4. The van der Waals surface area contributed by atoms with Gasteiger partial charge in [-0.25, -0.2) is 9.29 Å². The second-order valence-corrected chi connectivity index (χ2v) is 12.8. The number of carbonyl (C=O) groups excluding carboxylic acids is 4. The average Bonchev–Trinajstić information content (AvgIpc) is 3.36. The summed E-state index contributed by atoms with van der Waals surface area (Å²) < 4.78 is 13.8. The van der Waals surface area contributed by atoms with Crippen molar-refractivity contribution in [1.29, 1.82) is 0 Å². The Morgan fingerprint density at radius 1 is 0.844 bits per heavy atom. The molecule has 0 spiro atoms. The van der Waals surface area contributed by atoms with Gasteiger partial charge in [0.1, 0.15) is 11.6 Å². The van der Waals surface area contributed by atoms with Crippen LogP contribution in [-0.2, 0) is 19.2 Å². The quantitative estimate of drug-likeness (QED) is 0.135. The molecule has 7 rings (SSSR count). The lowest BCUT2D eigenvalue weighted by Crippen LogP contribution is -2.60. The lowest BCUT2D eigenvalue weighted by molar-refractivity contribution is -0.384. The number of imide groups is 2. The third-order valence-electron chi connectivity index (χ3n) is 9.46. The van der Waals surface area contributed by atoms with Crippen LogP contribution in [-0.4, -0.2) is 43.4 Å². The highest BCUT2D eigenvalue weighted by Gasteiger charge is 2.76. The zero-order valence-electron chi connectivity index (χ0n) is 23.1. The van der Waals surface area contributed by atoms with E-state index in [0.29, 0.717) is 5.57 Å². The van der Waals surface area contributed by atoms with Gasteiger partial charge in [0.05, 0.1) is 28.1 Å². The number of phenols is 1. The number of non-ortho nitro benzene ring substituents is 1. The number of alkyl halides is 2. The van der Waals surface area contributed by atoms with Crippen LogP contribution in [0.25, 0.3) is 0 Å². The third kappa shape index (κ3) is 3.86. The number of hydrogen-bond donors (Lipinski definition) is 1. The van der Waals surface area contributed by atoms with Gasteiger partial charge >= 0.3 is 0 Å². The first-order valence-electron chi connectivity index (χ1n) is 14.0. The second-order valence-electron chi connectivity index (χ2n) is 11.6. The Labute approximate surface area is 264 Å². The summed E-state index contributed by atoms with van der Waals surface area (Å²) in [6, 6.07) is 15.9. The number of fused-ring (bicyclic) bond motifs is 4. The van der Waals surface area contributed by atoms with E-state index in [1.165, 1.54) is 42.5 Å². The molecule has 0 aromatic heterocycles. The van der Waals surface area contributed by atoms with Crippen molar-refractivity contribution in [1.82, 2.24) is 0 Å². The summed E-state index contributed by atoms with van der Waals surface area (Å²) >= 11 is 14.5. The van der Waals surface area contributed by atoms with E-state index in [2.05, 4.69) is 0 Å². The fourth-order valence-electron chi connectivity index (χ4n) is 7.45. The highest BCUT2D eigenvalue weighted by Crippen LogP contribution is 2.66. The van der Waals surface area contributed by atoms with Gasteiger partial charge < -0.3 is 5.11 Å². The summed E-state index contributed by atoms with van der Waals surface area (Å²) in [6.45, 7) is 0. The Kier molecular flexibility index (Phi) is 6.44. The van der Waals surface area contributed by atoms with Gasteiger partial charge in [-0.3, -0.25) is 34.2 Å². The summed E-state index contributed by atoms with van der Waals surface area (Å²) in [5, 5.41) is 22.2. The normalized spacial score (nSPS) is 30.6. The van der Waals surface area contributed by atoms with Gasteiger partial charge in [-0.15, -0.1) is 23.2 Å². The number of rotatable bonds is 4. The largest absolute Gasteiger partial charge is 0.508 e. The Balaban J connectivity index is 1.37. The van der Waals surface area contributed by atoms with E-state index in [9.17, 15) is 38.8 Å². The molecule has 1 N–H and O–H groups in total. The molecule has 45 heavy (non-hydrogen) atoms. The zero-order chi connectivity index (χ0) is 32.0. The van der Waals surface area contributed by atoms with E-state index in [1.807, 2.05) is 0 Å². The molecule has 13 heteroatoms. The van der Waals surface area contributed by atoms with Gasteiger partial charge in [0.2, 0.25) is 11.8 Å². The predicted molar refractivity (Wildman–Crippen MR) is 160 cm³/mol. The molecule has 3 aromatic rings. The fraction of sp³-hybridized carbons (Fsp3) is 0.250. The Morgan fingerprint density at radius 3 is 2.11 bits per heavy atom. The molecule has 2 heterocycles. The molecule has 0 radical (unpaired) electrons. The van der Waals surface area contributed by atoms with Crippen molar-refractivity contribution >= 4 is 63.9 Å². The van der Waals surface area contributed by atoms with Crippen molar-refractivity contribution in [3.8, 4) is 5.75 Å². The molecule has 4 amide bonds. The second kappa shape index (κ2) is 9.95. The summed E-state index contributed by atoms with van der Waals surface area (Å²) in [5.41, 5.74) is 0.676. The molecule has 2 saturated heterocycles. The molecule has 1 saturated carbocycles. The maximum Gasteiger partial charge on any atom is 0.269 e. The molecule has 2 aliphatic heterocycles. The van der Waals surface area contributed by atoms with Crippen molar-refractivity contribution in [2.75, 3.05) is 9.80 Å². The van der Waals surface area contributed by atoms with Gasteiger partial charge in [-0.05, 0) is 61.2 Å². The number of nitro groups is 1. The van der Waals surface area contributed by atoms with E-state index in [4.69, 9.17) is 23.2 Å². The van der Waals surface area contributed by atoms with E-state index >= 15 is 0 Å². The van der Waals surface area contributed by atoms with E-state index in [0.717, 1.165) is 21.9 Å². The average molecular weight is 650 g/mol. The highest BCUT2D eigenvalue weighted by molar-refractivity contribution is 6.58. The minimum Gasteiger partial charge on any atom is -0.508 e. The number of allylic oxidation sites excluding steroid dienone is 2. The van der Waals surface area contributed by atoms with Gasteiger partial charge in [0, 0.05) is 23.6 Å². The predicted octanol–water partition coefficient (Wildman–Crippen LogP) is 5.21. The zero-order valence-corrected chi connectivity index (χ0v) is 24.6. The van der Waals surface area contributed by atoms with Gasteiger partial charge in [0.25, 0.3) is 17.5 Å². The highest BCUT2D eigenvalue weighted by atomic mass is 35.5. The standard InChI is InChI=1S/C32H22Cl2FN3O7/c33-31-15-23-20(13-14-22-25(23)28(41)36(27(22)40)17-9-11-19(12-10-17)38(44)45)26(21-3-1-2-4-24(21)39)32(31,34)30(43)37(29(31)42)18-7-5-16(35)6-8-18/h1-13,22-23,25-26,39H,14-15H2. The van der Waals surface area contributed by atoms with Crippen molar-refractivity contribution in [2.24, 2.45) is 17.8 Å². The lowest BCUT2D eigenvalue weighted by Gasteiger charge is -2.50. The maximum atomic E-state index is 14.3. The van der Waals surface area contributed by atoms with Gasteiger partial charge in [-0.2, -0.15) is 0 Å². The smallest absolute Gasteiger partial charge is 0.269 e. The van der Waals surface area contributed by atoms with Crippen molar-refractivity contribution in [3.63, 3.8) is 0 Å². The molecule has 0 bridgehead atoms. The molecule has 3 aromatic carbocycles. The van der Waals surface area contributed by atoms with E-state index in [1.54, 1.807) is 24.3 Å².